The first kappa shape index (κ1) is 18.5. The molecule has 5 rings (SSSR count). The number of rotatable bonds is 5. The lowest BCUT2D eigenvalue weighted by molar-refractivity contribution is 0.196. The summed E-state index contributed by atoms with van der Waals surface area (Å²) in [5.74, 6) is 1.35. The Hall–Kier alpha value is -2.51. The summed E-state index contributed by atoms with van der Waals surface area (Å²) in [6, 6.07) is 8.84. The minimum atomic E-state index is 0.383. The molecular formula is C22H26N6S. The fourth-order valence-corrected chi connectivity index (χ4v) is 4.79. The second-order valence-electron chi connectivity index (χ2n) is 8.16. The molecule has 150 valence electrons. The molecule has 4 aromatic heterocycles. The first-order chi connectivity index (χ1) is 14.2. The first-order valence-corrected chi connectivity index (χ1v) is 11.2. The molecule has 4 aromatic rings. The van der Waals surface area contributed by atoms with E-state index in [1.54, 1.807) is 11.3 Å². The van der Waals surface area contributed by atoms with Crippen LogP contribution in [0.5, 0.6) is 0 Å². The fourth-order valence-electron chi connectivity index (χ4n) is 4.07. The van der Waals surface area contributed by atoms with Crippen molar-refractivity contribution < 1.29 is 0 Å². The second-order valence-corrected chi connectivity index (χ2v) is 9.11. The van der Waals surface area contributed by atoms with Gasteiger partial charge in [-0.1, -0.05) is 6.07 Å². The number of piperidine rings is 1. The van der Waals surface area contributed by atoms with Crippen LogP contribution < -0.4 is 0 Å². The Morgan fingerprint density at radius 2 is 2.14 bits per heavy atom. The Balaban J connectivity index is 1.32. The molecule has 1 aliphatic heterocycles. The largest absolute Gasteiger partial charge is 0.298 e. The highest BCUT2D eigenvalue weighted by atomic mass is 32.1. The molecule has 1 aliphatic rings. The van der Waals surface area contributed by atoms with Crippen LogP contribution in [0.25, 0.3) is 16.1 Å². The standard InChI is InChI=1S/C22H26N6S/c1-16(2)27-13-17(11-23-27)12-26-9-3-5-19(14-26)22-24-21-8-7-18(15-28(21)25-22)20-6-4-10-29-20/h4,6-8,10-11,13,15-16,19H,3,5,9,12,14H2,1-2H3. The van der Waals surface area contributed by atoms with Gasteiger partial charge < -0.3 is 0 Å². The third-order valence-corrected chi connectivity index (χ3v) is 6.53. The zero-order valence-electron chi connectivity index (χ0n) is 16.9. The molecule has 1 unspecified atom stereocenters. The normalized spacial score (nSPS) is 18.1. The van der Waals surface area contributed by atoms with Crippen LogP contribution in [-0.4, -0.2) is 42.4 Å². The number of thiophene rings is 1. The van der Waals surface area contributed by atoms with E-state index in [2.05, 4.69) is 65.9 Å². The van der Waals surface area contributed by atoms with Gasteiger partial charge in [0.15, 0.2) is 11.5 Å². The highest BCUT2D eigenvalue weighted by Gasteiger charge is 2.25. The van der Waals surface area contributed by atoms with Crippen LogP contribution >= 0.6 is 11.3 Å². The maximum Gasteiger partial charge on any atom is 0.156 e. The average molecular weight is 407 g/mol. The highest BCUT2D eigenvalue weighted by Crippen LogP contribution is 2.28. The van der Waals surface area contributed by atoms with Crippen molar-refractivity contribution in [3.05, 3.63) is 59.6 Å². The van der Waals surface area contributed by atoms with E-state index < -0.39 is 0 Å². The van der Waals surface area contributed by atoms with Crippen LogP contribution in [0.3, 0.4) is 0 Å². The van der Waals surface area contributed by atoms with Crippen LogP contribution in [0.4, 0.5) is 0 Å². The molecule has 29 heavy (non-hydrogen) atoms. The molecular weight excluding hydrogens is 380 g/mol. The molecule has 7 heteroatoms. The fraction of sp³-hybridized carbons (Fsp3) is 0.409. The van der Waals surface area contributed by atoms with Crippen LogP contribution in [-0.2, 0) is 6.54 Å². The third-order valence-electron chi connectivity index (χ3n) is 5.61. The Morgan fingerprint density at radius 3 is 2.93 bits per heavy atom. The molecule has 1 saturated heterocycles. The van der Waals surface area contributed by atoms with Crippen molar-refractivity contribution in [3.8, 4) is 10.4 Å². The van der Waals surface area contributed by atoms with Gasteiger partial charge in [0.25, 0.3) is 0 Å². The smallest absolute Gasteiger partial charge is 0.156 e. The van der Waals surface area contributed by atoms with Gasteiger partial charge in [-0.2, -0.15) is 10.2 Å². The Bertz CT molecular complexity index is 1090. The molecule has 0 saturated carbocycles. The number of hydrogen-bond donors (Lipinski definition) is 0. The van der Waals surface area contributed by atoms with Gasteiger partial charge in [0.2, 0.25) is 0 Å². The maximum atomic E-state index is 4.84. The van der Waals surface area contributed by atoms with Gasteiger partial charge >= 0.3 is 0 Å². The summed E-state index contributed by atoms with van der Waals surface area (Å²) in [4.78, 5) is 8.61. The van der Waals surface area contributed by atoms with Crippen molar-refractivity contribution in [2.24, 2.45) is 0 Å². The van der Waals surface area contributed by atoms with E-state index in [1.165, 1.54) is 22.4 Å². The predicted molar refractivity (Wildman–Crippen MR) is 116 cm³/mol. The van der Waals surface area contributed by atoms with Gasteiger partial charge in [-0.25, -0.2) is 9.50 Å². The molecule has 1 atom stereocenters. The molecule has 0 aliphatic carbocycles. The molecule has 0 N–H and O–H groups in total. The molecule has 1 fully saturated rings. The van der Waals surface area contributed by atoms with Gasteiger partial charge in [-0.3, -0.25) is 9.58 Å². The summed E-state index contributed by atoms with van der Waals surface area (Å²) in [6.07, 6.45) is 8.59. The van der Waals surface area contributed by atoms with E-state index in [9.17, 15) is 0 Å². The Morgan fingerprint density at radius 1 is 1.21 bits per heavy atom. The van der Waals surface area contributed by atoms with Crippen molar-refractivity contribution in [2.45, 2.75) is 45.2 Å². The monoisotopic (exact) mass is 406 g/mol. The first-order valence-electron chi connectivity index (χ1n) is 10.3. The molecule has 5 heterocycles. The summed E-state index contributed by atoms with van der Waals surface area (Å²) in [7, 11) is 0. The van der Waals surface area contributed by atoms with Crippen molar-refractivity contribution >= 4 is 17.0 Å². The SMILES string of the molecule is CC(C)n1cc(CN2CCCC(c3nc4ccc(-c5cccs5)cn4n3)C2)cn1. The minimum Gasteiger partial charge on any atom is -0.298 e. The summed E-state index contributed by atoms with van der Waals surface area (Å²) in [5.41, 5.74) is 3.40. The summed E-state index contributed by atoms with van der Waals surface area (Å²) >= 11 is 1.75. The molecule has 6 nitrogen and oxygen atoms in total. The third kappa shape index (κ3) is 3.84. The van der Waals surface area contributed by atoms with Crippen LogP contribution in [0.15, 0.2) is 48.2 Å². The number of fused-ring (bicyclic) bond motifs is 1. The average Bonchev–Trinajstić information content (AvgIpc) is 3.47. The van der Waals surface area contributed by atoms with Crippen molar-refractivity contribution in [2.75, 3.05) is 13.1 Å². The maximum absolute atomic E-state index is 4.84. The lowest BCUT2D eigenvalue weighted by atomic mass is 9.97. The molecule has 0 radical (unpaired) electrons. The van der Waals surface area contributed by atoms with Crippen molar-refractivity contribution in [1.29, 1.82) is 0 Å². The van der Waals surface area contributed by atoms with Crippen LogP contribution in [0.1, 0.15) is 50.0 Å². The Kier molecular flexibility index (Phi) is 4.93. The zero-order valence-corrected chi connectivity index (χ0v) is 17.7. The lowest BCUT2D eigenvalue weighted by Gasteiger charge is -2.30. The number of likely N-dealkylation sites (tertiary alicyclic amines) is 1. The zero-order chi connectivity index (χ0) is 19.8. The highest BCUT2D eigenvalue weighted by molar-refractivity contribution is 7.13. The van der Waals surface area contributed by atoms with E-state index >= 15 is 0 Å². The molecule has 0 spiro atoms. The molecule has 0 aromatic carbocycles. The number of aromatic nitrogens is 5. The predicted octanol–water partition coefficient (Wildman–Crippen LogP) is 4.61. The van der Waals surface area contributed by atoms with Gasteiger partial charge in [0.1, 0.15) is 0 Å². The van der Waals surface area contributed by atoms with E-state index in [0.717, 1.165) is 37.5 Å². The van der Waals surface area contributed by atoms with Gasteiger partial charge in [0.05, 0.1) is 6.20 Å². The van der Waals surface area contributed by atoms with Crippen molar-refractivity contribution in [1.82, 2.24) is 29.3 Å². The van der Waals surface area contributed by atoms with Gasteiger partial charge in [-0.05, 0) is 56.8 Å². The second kappa shape index (κ2) is 7.72. The van der Waals surface area contributed by atoms with Crippen molar-refractivity contribution in [3.63, 3.8) is 0 Å². The number of hydrogen-bond acceptors (Lipinski definition) is 5. The van der Waals surface area contributed by atoms with Crippen LogP contribution in [0.2, 0.25) is 0 Å². The summed E-state index contributed by atoms with van der Waals surface area (Å²) < 4.78 is 3.97. The van der Waals surface area contributed by atoms with E-state index in [0.29, 0.717) is 12.0 Å². The lowest BCUT2D eigenvalue weighted by Crippen LogP contribution is -2.34. The summed E-state index contributed by atoms with van der Waals surface area (Å²) in [5, 5.41) is 11.4. The molecule has 0 amide bonds. The quantitative estimate of drug-likeness (QED) is 0.485. The number of pyridine rings is 1. The summed E-state index contributed by atoms with van der Waals surface area (Å²) in [6.45, 7) is 7.39. The molecule has 0 bridgehead atoms. The van der Waals surface area contributed by atoms with Gasteiger partial charge in [0, 0.05) is 53.4 Å². The van der Waals surface area contributed by atoms with E-state index in [-0.39, 0.29) is 0 Å². The van der Waals surface area contributed by atoms with Gasteiger partial charge in [-0.15, -0.1) is 11.3 Å². The minimum absolute atomic E-state index is 0.383. The van der Waals surface area contributed by atoms with Crippen LogP contribution in [0, 0.1) is 0 Å². The van der Waals surface area contributed by atoms with E-state index in [1.807, 2.05) is 15.4 Å². The Labute approximate surface area is 174 Å². The topological polar surface area (TPSA) is 51.2 Å². The van der Waals surface area contributed by atoms with E-state index in [4.69, 9.17) is 10.1 Å². The number of nitrogens with zero attached hydrogens (tertiary/aromatic N) is 6.